The Hall–Kier alpha value is -3.95. The van der Waals surface area contributed by atoms with Crippen molar-refractivity contribution in [2.75, 3.05) is 51.1 Å². The number of rotatable bonds is 12. The predicted octanol–water partition coefficient (Wildman–Crippen LogP) is 5.48. The first kappa shape index (κ1) is 31.0. The summed E-state index contributed by atoms with van der Waals surface area (Å²) >= 11 is 0. The number of hydrogen-bond acceptors (Lipinski definition) is 7. The average molecular weight is 575 g/mol. The molecular weight excluding hydrogens is 532 g/mol. The van der Waals surface area contributed by atoms with Crippen LogP contribution < -0.4 is 9.80 Å². The smallest absolute Gasteiger partial charge is 0.328 e. The van der Waals surface area contributed by atoms with Crippen molar-refractivity contribution in [2.45, 2.75) is 45.3 Å². The van der Waals surface area contributed by atoms with E-state index in [1.807, 2.05) is 35.1 Å². The largest absolute Gasteiger partial charge is 0.478 e. The second-order valence-corrected chi connectivity index (χ2v) is 11.4. The maximum atomic E-state index is 13.9. The van der Waals surface area contributed by atoms with Gasteiger partial charge < -0.3 is 24.2 Å². The normalized spacial score (nSPS) is 17.1. The van der Waals surface area contributed by atoms with E-state index >= 15 is 0 Å². The molecule has 0 spiro atoms. The van der Waals surface area contributed by atoms with Gasteiger partial charge in [-0.25, -0.2) is 4.79 Å². The van der Waals surface area contributed by atoms with Gasteiger partial charge in [0.15, 0.2) is 0 Å². The number of carbonyl (C=O) groups is 2. The van der Waals surface area contributed by atoms with Gasteiger partial charge in [0.1, 0.15) is 5.69 Å². The Bertz CT molecular complexity index is 1370. The molecule has 1 N–H and O–H groups in total. The van der Waals surface area contributed by atoms with E-state index in [4.69, 9.17) is 14.4 Å². The molecule has 0 unspecified atom stereocenters. The SMILES string of the molecule is Cc1cc(-c2ccc(N(C)C)cc2)ccc1CN(C(=O)C1CCC(OCCN(C)C)CC1)c1cc(C=CC(=O)O)no1. The third-order valence-corrected chi connectivity index (χ3v) is 7.75. The highest BCUT2D eigenvalue weighted by Gasteiger charge is 2.32. The summed E-state index contributed by atoms with van der Waals surface area (Å²) in [5.41, 5.74) is 5.77. The Morgan fingerprint density at radius 3 is 2.31 bits per heavy atom. The molecule has 1 heterocycles. The molecule has 0 bridgehead atoms. The van der Waals surface area contributed by atoms with Crippen LogP contribution in [-0.4, -0.2) is 74.5 Å². The fourth-order valence-corrected chi connectivity index (χ4v) is 5.18. The average Bonchev–Trinajstić information content (AvgIpc) is 3.44. The van der Waals surface area contributed by atoms with Gasteiger partial charge >= 0.3 is 5.97 Å². The predicted molar refractivity (Wildman–Crippen MR) is 166 cm³/mol. The number of hydrogen-bond donors (Lipinski definition) is 1. The highest BCUT2D eigenvalue weighted by Crippen LogP contribution is 2.32. The minimum atomic E-state index is -1.08. The lowest BCUT2D eigenvalue weighted by Gasteiger charge is -2.31. The van der Waals surface area contributed by atoms with Gasteiger partial charge in [0.05, 0.1) is 19.3 Å². The zero-order valence-electron chi connectivity index (χ0n) is 25.2. The second kappa shape index (κ2) is 14.3. The van der Waals surface area contributed by atoms with Gasteiger partial charge in [0, 0.05) is 44.4 Å². The number of nitrogens with zero attached hydrogens (tertiary/aromatic N) is 4. The van der Waals surface area contributed by atoms with Crippen molar-refractivity contribution >= 4 is 29.5 Å². The number of anilines is 2. The van der Waals surface area contributed by atoms with E-state index < -0.39 is 5.97 Å². The molecule has 0 radical (unpaired) electrons. The minimum Gasteiger partial charge on any atom is -0.478 e. The van der Waals surface area contributed by atoms with Gasteiger partial charge in [-0.2, -0.15) is 0 Å². The van der Waals surface area contributed by atoms with Gasteiger partial charge in [-0.3, -0.25) is 9.69 Å². The maximum absolute atomic E-state index is 13.9. The van der Waals surface area contributed by atoms with Crippen LogP contribution in [0.25, 0.3) is 17.2 Å². The lowest BCUT2D eigenvalue weighted by atomic mass is 9.86. The fourth-order valence-electron chi connectivity index (χ4n) is 5.18. The molecule has 42 heavy (non-hydrogen) atoms. The number of aryl methyl sites for hydroxylation is 1. The summed E-state index contributed by atoms with van der Waals surface area (Å²) in [6.07, 6.45) is 5.67. The molecule has 1 saturated carbocycles. The molecule has 0 saturated heterocycles. The Morgan fingerprint density at radius 1 is 1.00 bits per heavy atom. The number of aromatic nitrogens is 1. The maximum Gasteiger partial charge on any atom is 0.328 e. The Balaban J connectivity index is 1.52. The van der Waals surface area contributed by atoms with Crippen molar-refractivity contribution in [1.29, 1.82) is 0 Å². The first-order valence-corrected chi connectivity index (χ1v) is 14.4. The van der Waals surface area contributed by atoms with Crippen LogP contribution in [0.1, 0.15) is 42.5 Å². The molecule has 224 valence electrons. The first-order chi connectivity index (χ1) is 20.1. The van der Waals surface area contributed by atoms with Gasteiger partial charge in [-0.15, -0.1) is 0 Å². The monoisotopic (exact) mass is 574 g/mol. The number of carboxylic acid groups (broad SMARTS) is 1. The topological polar surface area (TPSA) is 99.4 Å². The molecule has 1 aromatic heterocycles. The molecule has 0 atom stereocenters. The van der Waals surface area contributed by atoms with Crippen LogP contribution in [0.3, 0.4) is 0 Å². The van der Waals surface area contributed by atoms with Crippen LogP contribution in [0.15, 0.2) is 59.1 Å². The molecular formula is C33H42N4O5. The van der Waals surface area contributed by atoms with Gasteiger partial charge in [0.25, 0.3) is 0 Å². The number of ether oxygens (including phenoxy) is 1. The van der Waals surface area contributed by atoms with Crippen LogP contribution in [0, 0.1) is 12.8 Å². The molecule has 3 aromatic rings. The third kappa shape index (κ3) is 8.30. The number of carbonyl (C=O) groups excluding carboxylic acids is 1. The Kier molecular flexibility index (Phi) is 10.5. The zero-order valence-corrected chi connectivity index (χ0v) is 25.2. The van der Waals surface area contributed by atoms with Gasteiger partial charge in [-0.1, -0.05) is 35.5 Å². The molecule has 2 aromatic carbocycles. The standard InChI is InChI=1S/C33H42N4O5/c1-23-20-26(24-8-13-29(14-9-24)36(4)5)6-7-27(23)22-37(31-21-28(34-42-31)12-17-32(38)39)33(40)25-10-15-30(16-11-25)41-19-18-35(2)3/h6-9,12-14,17,20-21,25,30H,10-11,15-16,18-19,22H2,1-5H3,(H,38,39). The minimum absolute atomic E-state index is 0.0191. The molecule has 9 heteroatoms. The number of aliphatic carboxylic acids is 1. The molecule has 1 fully saturated rings. The number of likely N-dealkylation sites (N-methyl/N-ethyl adjacent to an activating group) is 1. The van der Waals surface area contributed by atoms with Crippen LogP contribution in [0.5, 0.6) is 0 Å². The summed E-state index contributed by atoms with van der Waals surface area (Å²) in [4.78, 5) is 30.8. The van der Waals surface area contributed by atoms with Crippen LogP contribution >= 0.6 is 0 Å². The zero-order chi connectivity index (χ0) is 30.2. The Morgan fingerprint density at radius 2 is 1.69 bits per heavy atom. The van der Waals surface area contributed by atoms with E-state index in [-0.39, 0.29) is 17.9 Å². The van der Waals surface area contributed by atoms with Crippen LogP contribution in [-0.2, 0) is 20.9 Å². The number of carboxylic acids is 1. The van der Waals surface area contributed by atoms with E-state index in [1.165, 1.54) is 6.08 Å². The third-order valence-electron chi connectivity index (χ3n) is 7.75. The molecule has 1 amide bonds. The van der Waals surface area contributed by atoms with Crippen molar-refractivity contribution in [1.82, 2.24) is 10.1 Å². The Labute approximate surface area is 248 Å². The summed E-state index contributed by atoms with van der Waals surface area (Å²) in [6, 6.07) is 16.3. The molecule has 1 aliphatic carbocycles. The van der Waals surface area contributed by atoms with E-state index in [0.29, 0.717) is 24.7 Å². The highest BCUT2D eigenvalue weighted by molar-refractivity contribution is 5.94. The number of amides is 1. The summed E-state index contributed by atoms with van der Waals surface area (Å²) in [5, 5.41) is 13.0. The second-order valence-electron chi connectivity index (χ2n) is 11.4. The quantitative estimate of drug-likeness (QED) is 0.284. The van der Waals surface area contributed by atoms with E-state index in [9.17, 15) is 9.59 Å². The fraction of sp³-hybridized carbons (Fsp3) is 0.424. The van der Waals surface area contributed by atoms with E-state index in [1.54, 1.807) is 11.0 Å². The summed E-state index contributed by atoms with van der Waals surface area (Å²) in [6.45, 7) is 3.92. The van der Waals surface area contributed by atoms with E-state index in [0.717, 1.165) is 66.2 Å². The number of benzene rings is 2. The molecule has 1 aliphatic rings. The summed E-state index contributed by atoms with van der Waals surface area (Å²) < 4.78 is 11.6. The van der Waals surface area contributed by atoms with Crippen molar-refractivity contribution in [3.05, 3.63) is 71.4 Å². The van der Waals surface area contributed by atoms with E-state index in [2.05, 4.69) is 57.4 Å². The van der Waals surface area contributed by atoms with Crippen molar-refractivity contribution in [3.63, 3.8) is 0 Å². The summed E-state index contributed by atoms with van der Waals surface area (Å²) in [7, 11) is 8.09. The van der Waals surface area contributed by atoms with Crippen molar-refractivity contribution < 1.29 is 24.0 Å². The molecule has 4 rings (SSSR count). The molecule has 9 nitrogen and oxygen atoms in total. The van der Waals surface area contributed by atoms with Crippen molar-refractivity contribution in [3.8, 4) is 11.1 Å². The van der Waals surface area contributed by atoms with Gasteiger partial charge in [0.2, 0.25) is 11.8 Å². The molecule has 0 aliphatic heterocycles. The lowest BCUT2D eigenvalue weighted by Crippen LogP contribution is -2.38. The van der Waals surface area contributed by atoms with Crippen LogP contribution in [0.2, 0.25) is 0 Å². The lowest BCUT2D eigenvalue weighted by molar-refractivity contribution is -0.131. The highest BCUT2D eigenvalue weighted by atomic mass is 16.5. The van der Waals surface area contributed by atoms with Crippen molar-refractivity contribution in [2.24, 2.45) is 5.92 Å². The van der Waals surface area contributed by atoms with Crippen LogP contribution in [0.4, 0.5) is 11.6 Å². The summed E-state index contributed by atoms with van der Waals surface area (Å²) in [5.74, 6) is -0.952. The first-order valence-electron chi connectivity index (χ1n) is 14.4. The van der Waals surface area contributed by atoms with Gasteiger partial charge in [-0.05, 0) is 87.2 Å².